The van der Waals surface area contributed by atoms with E-state index in [0.717, 1.165) is 32.3 Å². The number of alkyl halides is 2. The van der Waals surface area contributed by atoms with Crippen molar-refractivity contribution in [2.75, 3.05) is 0 Å². The van der Waals surface area contributed by atoms with Gasteiger partial charge in [0.25, 0.3) is 0 Å². The van der Waals surface area contributed by atoms with Gasteiger partial charge < -0.3 is 9.47 Å². The van der Waals surface area contributed by atoms with Gasteiger partial charge in [-0.25, -0.2) is 9.98 Å². The van der Waals surface area contributed by atoms with Crippen LogP contribution in [0, 0.1) is 0 Å². The molecule has 2 aromatic carbocycles. The summed E-state index contributed by atoms with van der Waals surface area (Å²) in [6.07, 6.45) is 0. The van der Waals surface area contributed by atoms with Gasteiger partial charge in [-0.1, -0.05) is 59.6 Å². The Morgan fingerprint density at radius 3 is 1.59 bits per heavy atom. The molecule has 5 rings (SSSR count). The molecule has 7 heteroatoms. The number of thiophene rings is 1. The first-order chi connectivity index (χ1) is 13.2. The van der Waals surface area contributed by atoms with E-state index in [0.29, 0.717) is 11.8 Å². The summed E-state index contributed by atoms with van der Waals surface area (Å²) in [5, 5.41) is 0. The fourth-order valence-corrected chi connectivity index (χ4v) is 4.36. The Morgan fingerprint density at radius 2 is 1.11 bits per heavy atom. The van der Waals surface area contributed by atoms with Crippen LogP contribution in [0.1, 0.15) is 32.0 Å². The minimum atomic E-state index is -0.568. The summed E-state index contributed by atoms with van der Waals surface area (Å²) in [6, 6.07) is 19.2. The van der Waals surface area contributed by atoms with Gasteiger partial charge in [-0.3, -0.25) is 0 Å². The fraction of sp³-hybridized carbons (Fsp3) is 0.100. The molecule has 0 aliphatic carbocycles. The monoisotopic (exact) mass is 414 g/mol. The van der Waals surface area contributed by atoms with Gasteiger partial charge in [-0.15, -0.1) is 11.3 Å². The molecular formula is C20H12Cl2N2O2S. The Morgan fingerprint density at radius 1 is 0.667 bits per heavy atom. The standard InChI is InChI=1S/C20H12Cl2N2O2S/c21-17-11-5-1-3-7-13(11)23-19(25-17)15-9-10-16(27-15)20-24-14-8-4-2-6-12(14)18(22)26-20/h1-10,17-18H. The molecule has 0 bridgehead atoms. The van der Waals surface area contributed by atoms with E-state index >= 15 is 0 Å². The summed E-state index contributed by atoms with van der Waals surface area (Å²) in [5.41, 5.74) is 2.22. The molecule has 1 aromatic heterocycles. The molecule has 0 N–H and O–H groups in total. The molecule has 27 heavy (non-hydrogen) atoms. The van der Waals surface area contributed by atoms with Crippen molar-refractivity contribution in [2.24, 2.45) is 9.98 Å². The number of hydrogen-bond donors (Lipinski definition) is 0. The minimum Gasteiger partial charge on any atom is -0.452 e. The number of hydrogen-bond acceptors (Lipinski definition) is 5. The number of benzene rings is 2. The maximum Gasteiger partial charge on any atom is 0.233 e. The summed E-state index contributed by atoms with van der Waals surface area (Å²) >= 11 is 14.2. The van der Waals surface area contributed by atoms with Gasteiger partial charge in [0.2, 0.25) is 22.9 Å². The van der Waals surface area contributed by atoms with E-state index in [1.807, 2.05) is 60.7 Å². The third kappa shape index (κ3) is 3.02. The molecular weight excluding hydrogens is 403 g/mol. The Balaban J connectivity index is 1.50. The average molecular weight is 415 g/mol. The van der Waals surface area contributed by atoms with Crippen molar-refractivity contribution in [2.45, 2.75) is 11.1 Å². The zero-order chi connectivity index (χ0) is 18.4. The van der Waals surface area contributed by atoms with Crippen molar-refractivity contribution in [1.29, 1.82) is 0 Å². The molecule has 0 saturated carbocycles. The molecule has 3 heterocycles. The molecule has 0 saturated heterocycles. The summed E-state index contributed by atoms with van der Waals surface area (Å²) in [4.78, 5) is 10.9. The van der Waals surface area contributed by atoms with Gasteiger partial charge >= 0.3 is 0 Å². The summed E-state index contributed by atoms with van der Waals surface area (Å²) < 4.78 is 11.6. The predicted molar refractivity (Wildman–Crippen MR) is 109 cm³/mol. The topological polar surface area (TPSA) is 43.2 Å². The Hall–Kier alpha value is -2.34. The van der Waals surface area contributed by atoms with Crippen LogP contribution in [0.15, 0.2) is 70.6 Å². The maximum absolute atomic E-state index is 6.36. The van der Waals surface area contributed by atoms with Crippen LogP contribution in [-0.4, -0.2) is 11.8 Å². The van der Waals surface area contributed by atoms with Crippen LogP contribution in [0.3, 0.4) is 0 Å². The zero-order valence-electron chi connectivity index (χ0n) is 13.8. The minimum absolute atomic E-state index is 0.490. The smallest absolute Gasteiger partial charge is 0.233 e. The first kappa shape index (κ1) is 16.8. The number of para-hydroxylation sites is 2. The molecule has 2 aliphatic rings. The van der Waals surface area contributed by atoms with Crippen LogP contribution < -0.4 is 0 Å². The van der Waals surface area contributed by atoms with Crippen molar-refractivity contribution in [3.8, 4) is 0 Å². The quantitative estimate of drug-likeness (QED) is 0.452. The molecule has 2 atom stereocenters. The van der Waals surface area contributed by atoms with Gasteiger partial charge in [-0.2, -0.15) is 0 Å². The molecule has 2 aliphatic heterocycles. The van der Waals surface area contributed by atoms with E-state index in [1.54, 1.807) is 0 Å². The maximum atomic E-state index is 6.36. The predicted octanol–water partition coefficient (Wildman–Crippen LogP) is 6.44. The second kappa shape index (κ2) is 6.68. The normalized spacial score (nSPS) is 20.5. The lowest BCUT2D eigenvalue weighted by Crippen LogP contribution is -2.13. The van der Waals surface area contributed by atoms with E-state index in [9.17, 15) is 0 Å². The van der Waals surface area contributed by atoms with Crippen LogP contribution in [0.2, 0.25) is 0 Å². The highest BCUT2D eigenvalue weighted by Gasteiger charge is 2.26. The lowest BCUT2D eigenvalue weighted by Gasteiger charge is -2.21. The van der Waals surface area contributed by atoms with Crippen molar-refractivity contribution in [3.05, 3.63) is 81.5 Å². The SMILES string of the molecule is ClC1OC(c2ccc(C3=Nc4ccccc4C(Cl)O3)s2)=Nc2ccccc21. The van der Waals surface area contributed by atoms with E-state index in [1.165, 1.54) is 11.3 Å². The number of halogens is 2. The van der Waals surface area contributed by atoms with Crippen molar-refractivity contribution >= 4 is 57.7 Å². The Labute approximate surface area is 169 Å². The van der Waals surface area contributed by atoms with Crippen LogP contribution in [0.4, 0.5) is 11.4 Å². The van der Waals surface area contributed by atoms with E-state index in [2.05, 4.69) is 9.98 Å². The second-order valence-electron chi connectivity index (χ2n) is 5.98. The first-order valence-electron chi connectivity index (χ1n) is 8.26. The largest absolute Gasteiger partial charge is 0.452 e. The van der Waals surface area contributed by atoms with Crippen LogP contribution in [0.25, 0.3) is 0 Å². The lowest BCUT2D eigenvalue weighted by molar-refractivity contribution is 0.271. The van der Waals surface area contributed by atoms with Crippen LogP contribution >= 0.6 is 34.5 Å². The number of ether oxygens (including phenoxy) is 2. The van der Waals surface area contributed by atoms with Crippen LogP contribution in [0.5, 0.6) is 0 Å². The van der Waals surface area contributed by atoms with Gasteiger partial charge in [0, 0.05) is 11.1 Å². The highest BCUT2D eigenvalue weighted by molar-refractivity contribution is 7.16. The van der Waals surface area contributed by atoms with Gasteiger partial charge in [0.15, 0.2) is 0 Å². The third-order valence-corrected chi connectivity index (χ3v) is 5.97. The number of nitrogens with zero attached hydrogens (tertiary/aromatic N) is 2. The number of aliphatic imine (C=N–C) groups is 2. The average Bonchev–Trinajstić information content (AvgIpc) is 3.18. The molecule has 0 spiro atoms. The van der Waals surface area contributed by atoms with E-state index in [-0.39, 0.29) is 0 Å². The molecule has 134 valence electrons. The summed E-state index contributed by atoms with van der Waals surface area (Å²) in [5.74, 6) is 0.980. The highest BCUT2D eigenvalue weighted by Crippen LogP contribution is 2.39. The lowest BCUT2D eigenvalue weighted by atomic mass is 10.1. The molecule has 0 radical (unpaired) electrons. The second-order valence-corrected chi connectivity index (χ2v) is 7.86. The van der Waals surface area contributed by atoms with Gasteiger partial charge in [-0.05, 0) is 24.3 Å². The Kier molecular flexibility index (Phi) is 4.16. The molecule has 3 aromatic rings. The van der Waals surface area contributed by atoms with Crippen molar-refractivity contribution in [3.63, 3.8) is 0 Å². The first-order valence-corrected chi connectivity index (χ1v) is 9.95. The zero-order valence-corrected chi connectivity index (χ0v) is 16.1. The van der Waals surface area contributed by atoms with Crippen LogP contribution in [-0.2, 0) is 9.47 Å². The molecule has 0 fully saturated rings. The number of rotatable bonds is 2. The van der Waals surface area contributed by atoms with Crippen molar-refractivity contribution in [1.82, 2.24) is 0 Å². The van der Waals surface area contributed by atoms with E-state index in [4.69, 9.17) is 32.7 Å². The van der Waals surface area contributed by atoms with Gasteiger partial charge in [0.05, 0.1) is 21.1 Å². The molecule has 2 unspecified atom stereocenters. The van der Waals surface area contributed by atoms with Crippen molar-refractivity contribution < 1.29 is 9.47 Å². The summed E-state index contributed by atoms with van der Waals surface area (Å²) in [7, 11) is 0. The van der Waals surface area contributed by atoms with Gasteiger partial charge in [0.1, 0.15) is 0 Å². The molecule has 0 amide bonds. The number of fused-ring (bicyclic) bond motifs is 2. The third-order valence-electron chi connectivity index (χ3n) is 4.26. The summed E-state index contributed by atoms with van der Waals surface area (Å²) in [6.45, 7) is 0. The molecule has 4 nitrogen and oxygen atoms in total. The van der Waals surface area contributed by atoms with E-state index < -0.39 is 11.1 Å². The fourth-order valence-electron chi connectivity index (χ4n) is 2.95. The Bertz CT molecular complexity index is 1010. The highest BCUT2D eigenvalue weighted by atomic mass is 35.5.